The van der Waals surface area contributed by atoms with E-state index in [0.29, 0.717) is 12.3 Å². The van der Waals surface area contributed by atoms with Gasteiger partial charge in [-0.3, -0.25) is 0 Å². The highest BCUT2D eigenvalue weighted by Crippen LogP contribution is 2.21. The molecule has 1 nitrogen and oxygen atoms in total. The van der Waals surface area contributed by atoms with Crippen molar-refractivity contribution in [3.8, 4) is 0 Å². The third kappa shape index (κ3) is 2.69. The van der Waals surface area contributed by atoms with Gasteiger partial charge in [-0.1, -0.05) is 37.6 Å². The normalized spacial score (nSPS) is 10.6. The monoisotopic (exact) mass is 190 g/mol. The van der Waals surface area contributed by atoms with E-state index in [4.69, 9.17) is 0 Å². The van der Waals surface area contributed by atoms with Gasteiger partial charge in [0.05, 0.1) is 0 Å². The molecule has 0 unspecified atom stereocenters. The molecule has 0 bridgehead atoms. The van der Waals surface area contributed by atoms with Crippen molar-refractivity contribution >= 4 is 6.29 Å². The van der Waals surface area contributed by atoms with E-state index in [0.717, 1.165) is 12.7 Å². The highest BCUT2D eigenvalue weighted by atomic mass is 16.1. The van der Waals surface area contributed by atoms with Crippen LogP contribution in [0, 0.1) is 6.92 Å². The molecule has 0 saturated heterocycles. The van der Waals surface area contributed by atoms with Crippen LogP contribution in [0.15, 0.2) is 18.2 Å². The Labute approximate surface area is 86.1 Å². The van der Waals surface area contributed by atoms with E-state index in [9.17, 15) is 4.79 Å². The molecule has 0 fully saturated rings. The van der Waals surface area contributed by atoms with Crippen LogP contribution in [-0.4, -0.2) is 6.29 Å². The minimum Gasteiger partial charge on any atom is -0.303 e. The standard InChI is InChI=1S/C13H18O/c1-10(2)13-7-6-11(3)9-12(13)5-4-8-14/h6-10H,4-5H2,1-3H3. The zero-order chi connectivity index (χ0) is 10.6. The molecule has 76 valence electrons. The topological polar surface area (TPSA) is 17.1 Å². The number of carbonyl (C=O) groups is 1. The third-order valence-electron chi connectivity index (χ3n) is 2.45. The van der Waals surface area contributed by atoms with Crippen molar-refractivity contribution in [1.29, 1.82) is 0 Å². The van der Waals surface area contributed by atoms with E-state index < -0.39 is 0 Å². The predicted octanol–water partition coefficient (Wildman–Crippen LogP) is 3.25. The van der Waals surface area contributed by atoms with Crippen molar-refractivity contribution in [2.75, 3.05) is 0 Å². The summed E-state index contributed by atoms with van der Waals surface area (Å²) in [4.78, 5) is 10.3. The van der Waals surface area contributed by atoms with Crippen LogP contribution < -0.4 is 0 Å². The van der Waals surface area contributed by atoms with Crippen LogP contribution in [0.25, 0.3) is 0 Å². The van der Waals surface area contributed by atoms with E-state index in [-0.39, 0.29) is 0 Å². The molecule has 0 aliphatic rings. The molecular weight excluding hydrogens is 172 g/mol. The number of aryl methyl sites for hydroxylation is 2. The second kappa shape index (κ2) is 4.94. The number of hydrogen-bond donors (Lipinski definition) is 0. The third-order valence-corrected chi connectivity index (χ3v) is 2.45. The van der Waals surface area contributed by atoms with Crippen LogP contribution in [0.1, 0.15) is 42.9 Å². The fraction of sp³-hybridized carbons (Fsp3) is 0.462. The fourth-order valence-corrected chi connectivity index (χ4v) is 1.73. The summed E-state index contributed by atoms with van der Waals surface area (Å²) in [6, 6.07) is 6.51. The SMILES string of the molecule is Cc1ccc(C(C)C)c(CCC=O)c1. The van der Waals surface area contributed by atoms with Gasteiger partial charge in [-0.15, -0.1) is 0 Å². The first-order valence-electron chi connectivity index (χ1n) is 5.18. The molecule has 0 saturated carbocycles. The molecule has 1 heteroatoms. The predicted molar refractivity (Wildman–Crippen MR) is 59.7 cm³/mol. The lowest BCUT2D eigenvalue weighted by atomic mass is 9.93. The Balaban J connectivity index is 2.96. The van der Waals surface area contributed by atoms with E-state index in [2.05, 4.69) is 39.0 Å². The largest absolute Gasteiger partial charge is 0.303 e. The number of benzene rings is 1. The van der Waals surface area contributed by atoms with Crippen molar-refractivity contribution in [3.05, 3.63) is 34.9 Å². The van der Waals surface area contributed by atoms with Gasteiger partial charge in [0.25, 0.3) is 0 Å². The highest BCUT2D eigenvalue weighted by Gasteiger charge is 2.05. The van der Waals surface area contributed by atoms with E-state index in [1.54, 1.807) is 0 Å². The lowest BCUT2D eigenvalue weighted by Gasteiger charge is -2.12. The first kappa shape index (κ1) is 11.0. The van der Waals surface area contributed by atoms with Crippen LogP contribution in [0.4, 0.5) is 0 Å². The number of rotatable bonds is 4. The molecule has 1 aromatic carbocycles. The second-order valence-corrected chi connectivity index (χ2v) is 4.06. The van der Waals surface area contributed by atoms with Gasteiger partial charge in [-0.05, 0) is 30.4 Å². The molecule has 0 radical (unpaired) electrons. The molecule has 0 aliphatic carbocycles. The summed E-state index contributed by atoms with van der Waals surface area (Å²) in [6.45, 7) is 6.47. The van der Waals surface area contributed by atoms with Crippen molar-refractivity contribution in [2.45, 2.75) is 39.5 Å². The van der Waals surface area contributed by atoms with Gasteiger partial charge in [0.1, 0.15) is 6.29 Å². The lowest BCUT2D eigenvalue weighted by Crippen LogP contribution is -1.97. The fourth-order valence-electron chi connectivity index (χ4n) is 1.73. The van der Waals surface area contributed by atoms with Crippen LogP contribution in [-0.2, 0) is 11.2 Å². The summed E-state index contributed by atoms with van der Waals surface area (Å²) in [7, 11) is 0. The van der Waals surface area contributed by atoms with Crippen LogP contribution >= 0.6 is 0 Å². The number of carbonyl (C=O) groups excluding carboxylic acids is 1. The van der Waals surface area contributed by atoms with Crippen molar-refractivity contribution < 1.29 is 4.79 Å². The Morgan fingerprint density at radius 3 is 2.64 bits per heavy atom. The minimum absolute atomic E-state index is 0.539. The highest BCUT2D eigenvalue weighted by molar-refractivity contribution is 5.50. The van der Waals surface area contributed by atoms with Gasteiger partial charge in [0, 0.05) is 6.42 Å². The maximum Gasteiger partial charge on any atom is 0.120 e. The van der Waals surface area contributed by atoms with E-state index in [1.807, 2.05) is 0 Å². The van der Waals surface area contributed by atoms with E-state index in [1.165, 1.54) is 16.7 Å². The van der Waals surface area contributed by atoms with Gasteiger partial charge in [0.2, 0.25) is 0 Å². The first-order valence-corrected chi connectivity index (χ1v) is 5.18. The van der Waals surface area contributed by atoms with Gasteiger partial charge < -0.3 is 4.79 Å². The molecule has 1 rings (SSSR count). The summed E-state index contributed by atoms with van der Waals surface area (Å²) in [5.41, 5.74) is 3.97. The summed E-state index contributed by atoms with van der Waals surface area (Å²) >= 11 is 0. The van der Waals surface area contributed by atoms with Crippen LogP contribution in [0.5, 0.6) is 0 Å². The van der Waals surface area contributed by atoms with Gasteiger partial charge in [0.15, 0.2) is 0 Å². The molecule has 0 N–H and O–H groups in total. The molecule has 0 aromatic heterocycles. The first-order chi connectivity index (χ1) is 6.65. The van der Waals surface area contributed by atoms with Crippen LogP contribution in [0.2, 0.25) is 0 Å². The zero-order valence-electron chi connectivity index (χ0n) is 9.21. The summed E-state index contributed by atoms with van der Waals surface area (Å²) in [5, 5.41) is 0. The summed E-state index contributed by atoms with van der Waals surface area (Å²) in [6.07, 6.45) is 2.49. The molecule has 0 amide bonds. The van der Waals surface area contributed by atoms with Gasteiger partial charge >= 0.3 is 0 Å². The Morgan fingerprint density at radius 2 is 2.07 bits per heavy atom. The Kier molecular flexibility index (Phi) is 3.87. The molecule has 14 heavy (non-hydrogen) atoms. The molecule has 0 spiro atoms. The smallest absolute Gasteiger partial charge is 0.120 e. The Bertz CT molecular complexity index is 313. The zero-order valence-corrected chi connectivity index (χ0v) is 9.21. The molecule has 0 heterocycles. The maximum atomic E-state index is 10.3. The average molecular weight is 190 g/mol. The molecule has 0 aliphatic heterocycles. The number of aldehydes is 1. The van der Waals surface area contributed by atoms with Crippen LogP contribution in [0.3, 0.4) is 0 Å². The molecule has 0 atom stereocenters. The minimum atomic E-state index is 0.539. The molecular formula is C13H18O. The lowest BCUT2D eigenvalue weighted by molar-refractivity contribution is -0.107. The average Bonchev–Trinajstić information content (AvgIpc) is 2.14. The Morgan fingerprint density at radius 1 is 1.36 bits per heavy atom. The summed E-state index contributed by atoms with van der Waals surface area (Å²) in [5.74, 6) is 0.539. The van der Waals surface area contributed by atoms with Gasteiger partial charge in [-0.25, -0.2) is 0 Å². The van der Waals surface area contributed by atoms with E-state index >= 15 is 0 Å². The number of hydrogen-bond acceptors (Lipinski definition) is 1. The van der Waals surface area contributed by atoms with Crippen molar-refractivity contribution in [1.82, 2.24) is 0 Å². The summed E-state index contributed by atoms with van der Waals surface area (Å²) < 4.78 is 0. The van der Waals surface area contributed by atoms with Crippen molar-refractivity contribution in [2.24, 2.45) is 0 Å². The maximum absolute atomic E-state index is 10.3. The second-order valence-electron chi connectivity index (χ2n) is 4.06. The van der Waals surface area contributed by atoms with Crippen molar-refractivity contribution in [3.63, 3.8) is 0 Å². The molecule has 1 aromatic rings. The van der Waals surface area contributed by atoms with Gasteiger partial charge in [-0.2, -0.15) is 0 Å². The quantitative estimate of drug-likeness (QED) is 0.666. The Hall–Kier alpha value is -1.11.